The lowest BCUT2D eigenvalue weighted by atomic mass is 10.1. The van der Waals surface area contributed by atoms with Gasteiger partial charge in [0.25, 0.3) is 0 Å². The van der Waals surface area contributed by atoms with Gasteiger partial charge >= 0.3 is 0 Å². The summed E-state index contributed by atoms with van der Waals surface area (Å²) < 4.78 is 5.11. The quantitative estimate of drug-likeness (QED) is 0.781. The molecule has 2 aromatic rings. The molecule has 1 fully saturated rings. The third-order valence-electron chi connectivity index (χ3n) is 4.50. The van der Waals surface area contributed by atoms with E-state index in [1.54, 1.807) is 7.11 Å². The first-order chi connectivity index (χ1) is 12.6. The maximum absolute atomic E-state index is 12.1. The number of rotatable bonds is 7. The Balaban J connectivity index is 1.45. The minimum Gasteiger partial charge on any atom is -0.497 e. The van der Waals surface area contributed by atoms with Crippen molar-refractivity contribution in [2.75, 3.05) is 12.4 Å². The molecule has 0 spiro atoms. The Morgan fingerprint density at radius 3 is 2.65 bits per heavy atom. The molecule has 1 aliphatic rings. The van der Waals surface area contributed by atoms with Crippen molar-refractivity contribution in [1.29, 1.82) is 0 Å². The molecule has 6 nitrogen and oxygen atoms in total. The highest BCUT2D eigenvalue weighted by atomic mass is 32.1. The smallest absolute Gasteiger partial charge is 0.229 e. The van der Waals surface area contributed by atoms with Gasteiger partial charge in [-0.05, 0) is 30.5 Å². The van der Waals surface area contributed by atoms with E-state index in [1.165, 1.54) is 11.3 Å². The van der Waals surface area contributed by atoms with E-state index in [4.69, 9.17) is 4.74 Å². The van der Waals surface area contributed by atoms with Crippen molar-refractivity contribution in [2.24, 2.45) is 5.92 Å². The van der Waals surface area contributed by atoms with Crippen LogP contribution in [-0.4, -0.2) is 23.9 Å². The second-order valence-electron chi connectivity index (χ2n) is 6.42. The van der Waals surface area contributed by atoms with Crippen molar-refractivity contribution in [2.45, 2.75) is 38.6 Å². The lowest BCUT2D eigenvalue weighted by molar-refractivity contribution is -0.121. The maximum Gasteiger partial charge on any atom is 0.229 e. The number of benzene rings is 1. The monoisotopic (exact) mass is 373 g/mol. The predicted octanol–water partition coefficient (Wildman–Crippen LogP) is 3.14. The molecule has 0 bridgehead atoms. The Bertz CT molecular complexity index is 752. The topological polar surface area (TPSA) is 80.3 Å². The van der Waals surface area contributed by atoms with E-state index in [2.05, 4.69) is 15.6 Å². The Morgan fingerprint density at radius 1 is 1.23 bits per heavy atom. The molecule has 1 aliphatic carbocycles. The summed E-state index contributed by atoms with van der Waals surface area (Å²) >= 11 is 1.36. The molecular weight excluding hydrogens is 350 g/mol. The van der Waals surface area contributed by atoms with Crippen molar-refractivity contribution >= 4 is 28.3 Å². The lowest BCUT2D eigenvalue weighted by Gasteiger charge is -2.07. The molecule has 26 heavy (non-hydrogen) atoms. The van der Waals surface area contributed by atoms with E-state index in [-0.39, 0.29) is 24.2 Å². The van der Waals surface area contributed by atoms with Gasteiger partial charge in [-0.1, -0.05) is 25.0 Å². The van der Waals surface area contributed by atoms with Gasteiger partial charge in [0.05, 0.1) is 19.2 Å². The van der Waals surface area contributed by atoms with Crippen molar-refractivity contribution < 1.29 is 14.3 Å². The summed E-state index contributed by atoms with van der Waals surface area (Å²) in [5.41, 5.74) is 1.67. The number of carbonyl (C=O) groups is 2. The molecule has 1 saturated carbocycles. The van der Waals surface area contributed by atoms with Crippen LogP contribution in [0.5, 0.6) is 5.75 Å². The predicted molar refractivity (Wildman–Crippen MR) is 101 cm³/mol. The van der Waals surface area contributed by atoms with Crippen molar-refractivity contribution in [3.8, 4) is 5.75 Å². The van der Waals surface area contributed by atoms with Crippen LogP contribution in [0.25, 0.3) is 0 Å². The van der Waals surface area contributed by atoms with Gasteiger partial charge in [0.15, 0.2) is 5.13 Å². The normalized spacial score (nSPS) is 14.2. The van der Waals surface area contributed by atoms with Crippen molar-refractivity contribution in [3.05, 3.63) is 40.9 Å². The zero-order valence-electron chi connectivity index (χ0n) is 14.8. The molecule has 0 saturated heterocycles. The number of aromatic nitrogens is 1. The molecule has 3 rings (SSSR count). The Labute approximate surface area is 157 Å². The highest BCUT2D eigenvalue weighted by Crippen LogP contribution is 2.26. The molecule has 1 aromatic carbocycles. The van der Waals surface area contributed by atoms with Gasteiger partial charge < -0.3 is 15.4 Å². The molecule has 2 amide bonds. The van der Waals surface area contributed by atoms with Crippen LogP contribution in [0.1, 0.15) is 36.9 Å². The van der Waals surface area contributed by atoms with Crippen LogP contribution in [0.4, 0.5) is 5.13 Å². The van der Waals surface area contributed by atoms with Gasteiger partial charge in [-0.25, -0.2) is 4.98 Å². The van der Waals surface area contributed by atoms with Crippen molar-refractivity contribution in [3.63, 3.8) is 0 Å². The number of hydrogen-bond donors (Lipinski definition) is 2. The summed E-state index contributed by atoms with van der Waals surface area (Å²) in [5.74, 6) is 0.844. The summed E-state index contributed by atoms with van der Waals surface area (Å²) in [6, 6.07) is 7.56. The standard InChI is InChI=1S/C19H23N3O3S/c1-25-16-8-6-13(7-9-16)11-20-17(23)10-15-12-26-19(21-15)22-18(24)14-4-2-3-5-14/h6-9,12,14H,2-5,10-11H2,1H3,(H,20,23)(H,21,22,24). The molecule has 1 heterocycles. The summed E-state index contributed by atoms with van der Waals surface area (Å²) in [6.45, 7) is 0.457. The van der Waals surface area contributed by atoms with E-state index < -0.39 is 0 Å². The number of hydrogen-bond acceptors (Lipinski definition) is 5. The van der Waals surface area contributed by atoms with Gasteiger partial charge in [0.2, 0.25) is 11.8 Å². The molecule has 0 aliphatic heterocycles. The highest BCUT2D eigenvalue weighted by Gasteiger charge is 2.23. The van der Waals surface area contributed by atoms with Gasteiger partial charge in [-0.2, -0.15) is 0 Å². The number of nitrogens with zero attached hydrogens (tertiary/aromatic N) is 1. The van der Waals surface area contributed by atoms with Crippen LogP contribution in [0, 0.1) is 5.92 Å². The molecular formula is C19H23N3O3S. The third kappa shape index (κ3) is 5.05. The largest absolute Gasteiger partial charge is 0.497 e. The van der Waals surface area contributed by atoms with E-state index in [0.29, 0.717) is 17.4 Å². The number of carbonyl (C=O) groups excluding carboxylic acids is 2. The number of anilines is 1. The number of ether oxygens (including phenoxy) is 1. The minimum absolute atomic E-state index is 0.0485. The summed E-state index contributed by atoms with van der Waals surface area (Å²) in [6.07, 6.45) is 4.35. The average Bonchev–Trinajstić information content (AvgIpc) is 3.32. The Hall–Kier alpha value is -2.41. The lowest BCUT2D eigenvalue weighted by Crippen LogP contribution is -2.24. The SMILES string of the molecule is COc1ccc(CNC(=O)Cc2csc(NC(=O)C3CCCC3)n2)cc1. The zero-order chi connectivity index (χ0) is 18.4. The Kier molecular flexibility index (Phi) is 6.22. The molecule has 0 radical (unpaired) electrons. The Morgan fingerprint density at radius 2 is 1.96 bits per heavy atom. The first-order valence-corrected chi connectivity index (χ1v) is 9.67. The van der Waals surface area contributed by atoms with Crippen LogP contribution in [0.15, 0.2) is 29.6 Å². The number of amides is 2. The van der Waals surface area contributed by atoms with Crippen LogP contribution in [0.2, 0.25) is 0 Å². The van der Waals surface area contributed by atoms with Gasteiger partial charge in [0.1, 0.15) is 5.75 Å². The molecule has 1 aromatic heterocycles. The third-order valence-corrected chi connectivity index (χ3v) is 5.30. The van der Waals surface area contributed by atoms with Gasteiger partial charge in [-0.3, -0.25) is 9.59 Å². The van der Waals surface area contributed by atoms with E-state index in [1.807, 2.05) is 29.6 Å². The van der Waals surface area contributed by atoms with Crippen LogP contribution < -0.4 is 15.4 Å². The highest BCUT2D eigenvalue weighted by molar-refractivity contribution is 7.13. The first kappa shape index (κ1) is 18.4. The summed E-state index contributed by atoms with van der Waals surface area (Å²) in [5, 5.41) is 8.13. The minimum atomic E-state index is -0.0974. The fraction of sp³-hybridized carbons (Fsp3) is 0.421. The fourth-order valence-corrected chi connectivity index (χ4v) is 3.73. The van der Waals surface area contributed by atoms with E-state index in [0.717, 1.165) is 37.0 Å². The molecule has 2 N–H and O–H groups in total. The molecule has 0 atom stereocenters. The number of nitrogens with one attached hydrogen (secondary N) is 2. The van der Waals surface area contributed by atoms with Gasteiger partial charge in [-0.15, -0.1) is 11.3 Å². The molecule has 7 heteroatoms. The van der Waals surface area contributed by atoms with Crippen molar-refractivity contribution in [1.82, 2.24) is 10.3 Å². The van der Waals surface area contributed by atoms with Crippen LogP contribution in [0.3, 0.4) is 0 Å². The molecule has 138 valence electrons. The number of methoxy groups -OCH3 is 1. The van der Waals surface area contributed by atoms with Gasteiger partial charge in [0, 0.05) is 17.8 Å². The second-order valence-corrected chi connectivity index (χ2v) is 7.27. The van der Waals surface area contributed by atoms with Crippen LogP contribution in [-0.2, 0) is 22.6 Å². The fourth-order valence-electron chi connectivity index (χ4n) is 3.01. The summed E-state index contributed by atoms with van der Waals surface area (Å²) in [7, 11) is 1.62. The number of thiazole rings is 1. The average molecular weight is 373 g/mol. The zero-order valence-corrected chi connectivity index (χ0v) is 15.6. The maximum atomic E-state index is 12.1. The molecule has 0 unspecified atom stereocenters. The van der Waals surface area contributed by atoms with Crippen LogP contribution >= 0.6 is 11.3 Å². The first-order valence-electron chi connectivity index (χ1n) is 8.79. The summed E-state index contributed by atoms with van der Waals surface area (Å²) in [4.78, 5) is 28.6. The van der Waals surface area contributed by atoms with E-state index >= 15 is 0 Å². The van der Waals surface area contributed by atoms with E-state index in [9.17, 15) is 9.59 Å². The second kappa shape index (κ2) is 8.80.